The zero-order chi connectivity index (χ0) is 18.8. The monoisotopic (exact) mass is 377 g/mol. The van der Waals surface area contributed by atoms with E-state index in [1.807, 2.05) is 0 Å². The summed E-state index contributed by atoms with van der Waals surface area (Å²) in [5, 5.41) is 2.68. The van der Waals surface area contributed by atoms with Crippen molar-refractivity contribution in [2.75, 3.05) is 5.32 Å². The van der Waals surface area contributed by atoms with Crippen LogP contribution < -0.4 is 16.6 Å². The van der Waals surface area contributed by atoms with Gasteiger partial charge in [0.25, 0.3) is 11.5 Å². The topological polar surface area (TPSA) is 84.0 Å². The number of H-pyrrole nitrogens is 1. The Labute approximate surface area is 149 Å². The predicted octanol–water partition coefficient (Wildman–Crippen LogP) is 2.71. The second-order valence-corrected chi connectivity index (χ2v) is 5.64. The average molecular weight is 378 g/mol. The van der Waals surface area contributed by atoms with Crippen molar-refractivity contribution in [2.24, 2.45) is 0 Å². The Hall–Kier alpha value is -3.26. The molecule has 1 amide bonds. The molecule has 26 heavy (non-hydrogen) atoms. The number of rotatable bonds is 3. The van der Waals surface area contributed by atoms with Crippen molar-refractivity contribution in [3.63, 3.8) is 0 Å². The third-order valence-corrected chi connectivity index (χ3v) is 3.74. The van der Waals surface area contributed by atoms with Gasteiger partial charge in [0, 0.05) is 23.0 Å². The molecule has 1 aromatic heterocycles. The van der Waals surface area contributed by atoms with Gasteiger partial charge in [0.1, 0.15) is 5.56 Å². The van der Waals surface area contributed by atoms with Crippen molar-refractivity contribution in [1.82, 2.24) is 9.55 Å². The molecule has 0 unspecified atom stereocenters. The first-order chi connectivity index (χ1) is 12.4. The van der Waals surface area contributed by atoms with Gasteiger partial charge in [0.05, 0.1) is 5.69 Å². The maximum Gasteiger partial charge on any atom is 0.333 e. The van der Waals surface area contributed by atoms with Gasteiger partial charge in [-0.3, -0.25) is 9.59 Å². The van der Waals surface area contributed by atoms with Gasteiger partial charge >= 0.3 is 5.69 Å². The van der Waals surface area contributed by atoms with Gasteiger partial charge in [0.2, 0.25) is 0 Å². The molecule has 3 aromatic rings. The second-order valence-electron chi connectivity index (χ2n) is 5.21. The minimum Gasteiger partial charge on any atom is -0.322 e. The van der Waals surface area contributed by atoms with E-state index in [9.17, 15) is 23.2 Å². The van der Waals surface area contributed by atoms with Crippen LogP contribution in [-0.2, 0) is 0 Å². The summed E-state index contributed by atoms with van der Waals surface area (Å²) in [4.78, 5) is 39.1. The molecule has 2 N–H and O–H groups in total. The van der Waals surface area contributed by atoms with E-state index in [1.165, 1.54) is 24.3 Å². The SMILES string of the molecule is O=C(Nc1ccc(F)c(F)c1)c1c[nH]c(=O)n(-c2ccc(Cl)cc2)c1=O. The average Bonchev–Trinajstić information content (AvgIpc) is 2.60. The van der Waals surface area contributed by atoms with E-state index in [-0.39, 0.29) is 16.9 Å². The molecule has 0 atom stereocenters. The lowest BCUT2D eigenvalue weighted by molar-refractivity contribution is 0.102. The third-order valence-electron chi connectivity index (χ3n) is 3.48. The molecule has 0 fully saturated rings. The van der Waals surface area contributed by atoms with Crippen molar-refractivity contribution in [3.8, 4) is 5.69 Å². The first-order valence-corrected chi connectivity index (χ1v) is 7.61. The minimum absolute atomic E-state index is 0.0439. The smallest absolute Gasteiger partial charge is 0.322 e. The van der Waals surface area contributed by atoms with Crippen LogP contribution in [0.25, 0.3) is 5.69 Å². The van der Waals surface area contributed by atoms with Crippen molar-refractivity contribution in [3.05, 3.63) is 91.7 Å². The van der Waals surface area contributed by atoms with Crippen molar-refractivity contribution >= 4 is 23.2 Å². The van der Waals surface area contributed by atoms with Crippen LogP contribution in [0, 0.1) is 11.6 Å². The molecule has 0 aliphatic rings. The number of nitrogens with one attached hydrogen (secondary N) is 2. The fourth-order valence-electron chi connectivity index (χ4n) is 2.23. The van der Waals surface area contributed by atoms with Crippen LogP contribution in [-0.4, -0.2) is 15.5 Å². The number of nitrogens with zero attached hydrogens (tertiary/aromatic N) is 1. The maximum absolute atomic E-state index is 13.2. The molecule has 0 aliphatic heterocycles. The van der Waals surface area contributed by atoms with Gasteiger partial charge in [-0.2, -0.15) is 0 Å². The van der Waals surface area contributed by atoms with E-state index in [2.05, 4.69) is 10.3 Å². The van der Waals surface area contributed by atoms with Gasteiger partial charge in [-0.25, -0.2) is 18.1 Å². The lowest BCUT2D eigenvalue weighted by atomic mass is 10.2. The summed E-state index contributed by atoms with van der Waals surface area (Å²) >= 11 is 5.78. The first kappa shape index (κ1) is 17.6. The molecule has 6 nitrogen and oxygen atoms in total. The van der Waals surface area contributed by atoms with E-state index >= 15 is 0 Å². The Balaban J connectivity index is 2.00. The Morgan fingerprint density at radius 1 is 1.04 bits per heavy atom. The highest BCUT2D eigenvalue weighted by molar-refractivity contribution is 6.30. The lowest BCUT2D eigenvalue weighted by Gasteiger charge is -2.08. The van der Waals surface area contributed by atoms with Crippen LogP contribution in [0.15, 0.2) is 58.3 Å². The number of halogens is 3. The molecular formula is C17H10ClF2N3O3. The number of anilines is 1. The molecule has 132 valence electrons. The fraction of sp³-hybridized carbons (Fsp3) is 0. The number of carbonyl (C=O) groups is 1. The van der Waals surface area contributed by atoms with Crippen LogP contribution in [0.4, 0.5) is 14.5 Å². The standard InChI is InChI=1S/C17H10ClF2N3O3/c18-9-1-4-11(5-2-9)23-16(25)12(8-21-17(23)26)15(24)22-10-3-6-13(19)14(20)7-10/h1-8H,(H,21,26)(H,22,24). The highest BCUT2D eigenvalue weighted by atomic mass is 35.5. The molecule has 0 saturated heterocycles. The predicted molar refractivity (Wildman–Crippen MR) is 92.0 cm³/mol. The summed E-state index contributed by atoms with van der Waals surface area (Å²) in [7, 11) is 0. The summed E-state index contributed by atoms with van der Waals surface area (Å²) in [6.07, 6.45) is 0.951. The van der Waals surface area contributed by atoms with E-state index < -0.39 is 28.8 Å². The molecule has 0 radical (unpaired) electrons. The molecular weight excluding hydrogens is 368 g/mol. The van der Waals surface area contributed by atoms with Gasteiger partial charge in [-0.1, -0.05) is 11.6 Å². The van der Waals surface area contributed by atoms with Gasteiger partial charge < -0.3 is 10.3 Å². The Bertz CT molecular complexity index is 1110. The summed E-state index contributed by atoms with van der Waals surface area (Å²) in [6, 6.07) is 8.60. The van der Waals surface area contributed by atoms with Gasteiger partial charge in [-0.15, -0.1) is 0 Å². The van der Waals surface area contributed by atoms with E-state index in [1.54, 1.807) is 0 Å². The summed E-state index contributed by atoms with van der Waals surface area (Å²) in [5.74, 6) is -3.11. The number of aromatic nitrogens is 2. The Kier molecular flexibility index (Phi) is 4.68. The van der Waals surface area contributed by atoms with Gasteiger partial charge in [-0.05, 0) is 36.4 Å². The summed E-state index contributed by atoms with van der Waals surface area (Å²) < 4.78 is 26.9. The number of amides is 1. The zero-order valence-corrected chi connectivity index (χ0v) is 13.7. The molecule has 1 heterocycles. The fourth-order valence-corrected chi connectivity index (χ4v) is 2.36. The lowest BCUT2D eigenvalue weighted by Crippen LogP contribution is -2.38. The number of aromatic amines is 1. The van der Waals surface area contributed by atoms with Crippen molar-refractivity contribution in [1.29, 1.82) is 0 Å². The van der Waals surface area contributed by atoms with Crippen LogP contribution in [0.2, 0.25) is 5.02 Å². The minimum atomic E-state index is -1.15. The number of carbonyl (C=O) groups excluding carboxylic acids is 1. The number of hydrogen-bond acceptors (Lipinski definition) is 3. The molecule has 0 spiro atoms. The Morgan fingerprint density at radius 3 is 2.38 bits per heavy atom. The van der Waals surface area contributed by atoms with Crippen LogP contribution >= 0.6 is 11.6 Å². The van der Waals surface area contributed by atoms with Gasteiger partial charge in [0.15, 0.2) is 11.6 Å². The van der Waals surface area contributed by atoms with E-state index in [0.717, 1.165) is 29.0 Å². The molecule has 0 saturated carbocycles. The molecule has 2 aromatic carbocycles. The highest BCUT2D eigenvalue weighted by Gasteiger charge is 2.16. The largest absolute Gasteiger partial charge is 0.333 e. The summed E-state index contributed by atoms with van der Waals surface area (Å²) in [5.41, 5.74) is -1.84. The summed E-state index contributed by atoms with van der Waals surface area (Å²) in [6.45, 7) is 0. The number of benzene rings is 2. The molecule has 9 heteroatoms. The van der Waals surface area contributed by atoms with Crippen LogP contribution in [0.5, 0.6) is 0 Å². The third kappa shape index (κ3) is 3.40. The van der Waals surface area contributed by atoms with Crippen LogP contribution in [0.1, 0.15) is 10.4 Å². The maximum atomic E-state index is 13.2. The molecule has 0 bridgehead atoms. The van der Waals surface area contributed by atoms with Crippen molar-refractivity contribution in [2.45, 2.75) is 0 Å². The quantitative estimate of drug-likeness (QED) is 0.736. The molecule has 0 aliphatic carbocycles. The zero-order valence-electron chi connectivity index (χ0n) is 12.9. The number of hydrogen-bond donors (Lipinski definition) is 2. The Morgan fingerprint density at radius 2 is 1.73 bits per heavy atom. The normalized spacial score (nSPS) is 10.6. The molecule has 3 rings (SSSR count). The highest BCUT2D eigenvalue weighted by Crippen LogP contribution is 2.14. The second kappa shape index (κ2) is 6.93. The van der Waals surface area contributed by atoms with E-state index in [4.69, 9.17) is 11.6 Å². The van der Waals surface area contributed by atoms with E-state index in [0.29, 0.717) is 5.02 Å². The van der Waals surface area contributed by atoms with Crippen molar-refractivity contribution < 1.29 is 13.6 Å². The first-order valence-electron chi connectivity index (χ1n) is 7.24. The van der Waals surface area contributed by atoms with Crippen LogP contribution in [0.3, 0.4) is 0 Å².